The van der Waals surface area contributed by atoms with E-state index >= 15 is 0 Å². The summed E-state index contributed by atoms with van der Waals surface area (Å²) in [7, 11) is -0.787. The molecule has 2 nitrogen and oxygen atoms in total. The number of rotatable bonds is 8. The lowest BCUT2D eigenvalue weighted by Gasteiger charge is -2.37. The van der Waals surface area contributed by atoms with E-state index < -0.39 is 9.52 Å². The van der Waals surface area contributed by atoms with Gasteiger partial charge in [-0.15, -0.1) is 0 Å². The number of hydrogen-bond donors (Lipinski definition) is 0. The second-order valence-corrected chi connectivity index (χ2v) is 13.4. The molecule has 1 heterocycles. The van der Waals surface area contributed by atoms with Gasteiger partial charge in [0, 0.05) is 12.4 Å². The van der Waals surface area contributed by atoms with Crippen molar-refractivity contribution in [3.63, 3.8) is 0 Å². The highest BCUT2D eigenvalue weighted by Crippen LogP contribution is 2.33. The van der Waals surface area contributed by atoms with Crippen molar-refractivity contribution in [2.24, 2.45) is 0 Å². The highest BCUT2D eigenvalue weighted by Gasteiger charge is 2.36. The maximum absolute atomic E-state index is 4.40. The van der Waals surface area contributed by atoms with Crippen molar-refractivity contribution in [2.75, 3.05) is 0 Å². The van der Waals surface area contributed by atoms with Crippen LogP contribution in [0.1, 0.15) is 36.5 Å². The molecule has 0 amide bonds. The Morgan fingerprint density at radius 2 is 1.07 bits per heavy atom. The smallest absolute Gasteiger partial charge is 0.206 e. The van der Waals surface area contributed by atoms with Crippen LogP contribution < -0.4 is 16.1 Å². The Kier molecular flexibility index (Phi) is 9.68. The molecule has 208 valence electrons. The van der Waals surface area contributed by atoms with Crippen LogP contribution in [0.25, 0.3) is 0 Å². The lowest BCUT2D eigenvalue weighted by atomic mass is 9.43. The molecule has 5 aromatic carbocycles. The fourth-order valence-electron chi connectivity index (χ4n) is 5.66. The second-order valence-electron chi connectivity index (χ2n) is 11.2. The Morgan fingerprint density at radius 1 is 0.619 bits per heavy atom. The van der Waals surface area contributed by atoms with Crippen molar-refractivity contribution in [3.05, 3.63) is 181 Å². The summed E-state index contributed by atoms with van der Waals surface area (Å²) in [6.07, 6.45) is 5.96. The molecule has 4 heteroatoms. The van der Waals surface area contributed by atoms with Crippen LogP contribution in [0, 0.1) is 0 Å². The zero-order chi connectivity index (χ0) is 29.2. The molecule has 0 fully saturated rings. The van der Waals surface area contributed by atoms with Gasteiger partial charge in [0.25, 0.3) is 0 Å². The highest BCUT2D eigenvalue weighted by molar-refractivity contribution is 6.84. The van der Waals surface area contributed by atoms with Crippen molar-refractivity contribution in [1.29, 1.82) is 0 Å². The molecule has 0 N–H and O–H groups in total. The van der Waals surface area contributed by atoms with E-state index in [1.54, 1.807) is 0 Å². The summed E-state index contributed by atoms with van der Waals surface area (Å²) >= 11 is 0. The molecule has 0 unspecified atom stereocenters. The quantitative estimate of drug-likeness (QED) is 0.203. The van der Waals surface area contributed by atoms with Crippen LogP contribution in [-0.2, 0) is 5.16 Å². The Hall–Kier alpha value is -4.41. The molecule has 0 radical (unpaired) electrons. The molecular weight excluding hydrogens is 523 g/mol. The molecule has 0 aliphatic heterocycles. The normalized spacial score (nSPS) is 11.3. The number of imidazole rings is 1. The number of nitrogens with zero attached hydrogens (tertiary/aromatic N) is 2. The van der Waals surface area contributed by atoms with E-state index in [2.05, 4.69) is 182 Å². The molecule has 0 bridgehead atoms. The Morgan fingerprint density at radius 3 is 1.48 bits per heavy atom. The van der Waals surface area contributed by atoms with Gasteiger partial charge >= 0.3 is 0 Å². The second kappa shape index (κ2) is 14.0. The lowest BCUT2D eigenvalue weighted by Crippen LogP contribution is -2.46. The highest BCUT2D eigenvalue weighted by atomic mass is 28.2. The van der Waals surface area contributed by atoms with Crippen LogP contribution >= 0.6 is 0 Å². The molecule has 0 saturated heterocycles. The van der Waals surface area contributed by atoms with Gasteiger partial charge in [0.15, 0.2) is 0 Å². The van der Waals surface area contributed by atoms with E-state index in [1.165, 1.54) is 32.8 Å². The molecule has 6 rings (SSSR count). The molecular formula is C38H39BN2Si. The predicted molar refractivity (Wildman–Crippen MR) is 184 cm³/mol. The van der Waals surface area contributed by atoms with Crippen LogP contribution in [0.2, 0.25) is 6.82 Å². The van der Waals surface area contributed by atoms with E-state index in [9.17, 15) is 0 Å². The van der Waals surface area contributed by atoms with Gasteiger partial charge in [-0.3, -0.25) is 0 Å². The monoisotopic (exact) mass is 562 g/mol. The predicted octanol–water partition coefficient (Wildman–Crippen LogP) is 6.18. The maximum atomic E-state index is 4.40. The zero-order valence-electron chi connectivity index (χ0n) is 24.8. The summed E-state index contributed by atoms with van der Waals surface area (Å²) < 4.78 is 2.31. The lowest BCUT2D eigenvalue weighted by molar-refractivity contribution is 0.596. The first-order valence-corrected chi connectivity index (χ1v) is 16.3. The summed E-state index contributed by atoms with van der Waals surface area (Å²) in [4.78, 5) is 4.40. The minimum Gasteiger partial charge on any atom is -0.326 e. The molecule has 6 aromatic rings. The first kappa shape index (κ1) is 29.1. The third-order valence-corrected chi connectivity index (χ3v) is 10.7. The average molecular weight is 563 g/mol. The van der Waals surface area contributed by atoms with E-state index in [0.29, 0.717) is 12.6 Å². The van der Waals surface area contributed by atoms with Gasteiger partial charge in [-0.2, -0.15) is 0 Å². The number of aromatic nitrogens is 2. The van der Waals surface area contributed by atoms with Gasteiger partial charge < -0.3 is 4.57 Å². The Labute approximate surface area is 254 Å². The van der Waals surface area contributed by atoms with E-state index in [-0.39, 0.29) is 5.16 Å². The van der Waals surface area contributed by atoms with Crippen molar-refractivity contribution in [3.8, 4) is 0 Å². The van der Waals surface area contributed by atoms with Gasteiger partial charge in [0.05, 0.1) is 21.0 Å². The SMILES string of the molecule is CB(c1ccccc1)c1ccccc1.CC(C)c1ccc([SiH2]C(c2ccccc2)(c2ccccc2)n2ccnc2)cc1. The molecule has 0 aliphatic rings. The summed E-state index contributed by atoms with van der Waals surface area (Å²) in [5, 5.41) is 1.24. The third-order valence-electron chi connectivity index (χ3n) is 8.15. The van der Waals surface area contributed by atoms with Crippen molar-refractivity contribution in [1.82, 2.24) is 9.55 Å². The largest absolute Gasteiger partial charge is 0.326 e. The Bertz CT molecular complexity index is 1520. The molecule has 0 aliphatic carbocycles. The standard InChI is InChI=1S/C25H26N2Si.C13H13B/c1-20(2)21-13-15-24(16-14-21)28-25(27-18-17-26-19-27,22-9-5-3-6-10-22)23-11-7-4-8-12-23;1-14(12-8-4-2-5-9-12)13-10-6-3-7-11-13/h3-20H,28H2,1-2H3;2-11H,1H3. The third kappa shape index (κ3) is 6.72. The van der Waals surface area contributed by atoms with Crippen molar-refractivity contribution < 1.29 is 0 Å². The topological polar surface area (TPSA) is 17.8 Å². The molecule has 0 saturated carbocycles. The fraction of sp³-hybridized carbons (Fsp3) is 0.132. The summed E-state index contributed by atoms with van der Waals surface area (Å²) in [6.45, 7) is 7.22. The summed E-state index contributed by atoms with van der Waals surface area (Å²) in [5.41, 5.74) is 6.78. The average Bonchev–Trinajstić information content (AvgIpc) is 3.61. The maximum Gasteiger partial charge on any atom is 0.206 e. The minimum atomic E-state index is -0.787. The van der Waals surface area contributed by atoms with Gasteiger partial charge in [-0.05, 0) is 22.6 Å². The Balaban J connectivity index is 0.000000211. The molecule has 0 spiro atoms. The van der Waals surface area contributed by atoms with Crippen molar-refractivity contribution >= 4 is 32.3 Å². The van der Waals surface area contributed by atoms with Crippen LogP contribution in [-0.4, -0.2) is 25.8 Å². The molecule has 42 heavy (non-hydrogen) atoms. The van der Waals surface area contributed by atoms with E-state index in [0.717, 1.165) is 0 Å². The number of benzene rings is 5. The summed E-state index contributed by atoms with van der Waals surface area (Å²) in [5.74, 6) is 0.553. The van der Waals surface area contributed by atoms with Gasteiger partial charge in [0.2, 0.25) is 6.71 Å². The minimum absolute atomic E-state index is 0.210. The first-order valence-electron chi connectivity index (χ1n) is 14.9. The van der Waals surface area contributed by atoms with Crippen molar-refractivity contribution in [2.45, 2.75) is 31.8 Å². The molecule has 0 atom stereocenters. The summed E-state index contributed by atoms with van der Waals surface area (Å²) in [6, 6.07) is 52.2. The van der Waals surface area contributed by atoms with Crippen LogP contribution in [0.5, 0.6) is 0 Å². The van der Waals surface area contributed by atoms with Crippen LogP contribution in [0.4, 0.5) is 0 Å². The van der Waals surface area contributed by atoms with Gasteiger partial charge in [-0.25, -0.2) is 4.98 Å². The fourth-order valence-corrected chi connectivity index (χ4v) is 7.98. The van der Waals surface area contributed by atoms with Crippen LogP contribution in [0.15, 0.2) is 164 Å². The van der Waals surface area contributed by atoms with Gasteiger partial charge in [-0.1, -0.05) is 182 Å². The van der Waals surface area contributed by atoms with Crippen LogP contribution in [0.3, 0.4) is 0 Å². The van der Waals surface area contributed by atoms with E-state index in [1.807, 2.05) is 12.5 Å². The van der Waals surface area contributed by atoms with Gasteiger partial charge in [0.1, 0.15) is 0 Å². The zero-order valence-corrected chi connectivity index (χ0v) is 26.3. The van der Waals surface area contributed by atoms with E-state index in [4.69, 9.17) is 0 Å². The number of hydrogen-bond acceptors (Lipinski definition) is 1. The first-order chi connectivity index (χ1) is 20.6. The molecule has 1 aromatic heterocycles.